The predicted molar refractivity (Wildman–Crippen MR) is 107 cm³/mol. The number of benzene rings is 3. The van der Waals surface area contributed by atoms with Crippen LogP contribution in [0.4, 0.5) is 0 Å². The molecule has 0 heteroatoms. The van der Waals surface area contributed by atoms with Gasteiger partial charge in [-0.3, -0.25) is 0 Å². The lowest BCUT2D eigenvalue weighted by molar-refractivity contribution is 0.912. The molecule has 0 radical (unpaired) electrons. The Hall–Kier alpha value is -2.60. The van der Waals surface area contributed by atoms with Crippen LogP contribution in [-0.4, -0.2) is 0 Å². The highest BCUT2D eigenvalue weighted by atomic mass is 14.3. The van der Waals surface area contributed by atoms with Gasteiger partial charge in [0.05, 0.1) is 0 Å². The zero-order valence-corrected chi connectivity index (χ0v) is 14.7. The molecule has 2 aliphatic rings. The van der Waals surface area contributed by atoms with Crippen molar-refractivity contribution in [2.75, 3.05) is 0 Å². The second kappa shape index (κ2) is 5.74. The van der Waals surface area contributed by atoms with E-state index in [4.69, 9.17) is 0 Å². The Morgan fingerprint density at radius 3 is 2.36 bits per heavy atom. The Morgan fingerprint density at radius 1 is 0.760 bits per heavy atom. The number of rotatable bonds is 2. The molecule has 3 aromatic rings. The van der Waals surface area contributed by atoms with Gasteiger partial charge < -0.3 is 0 Å². The van der Waals surface area contributed by atoms with Crippen LogP contribution < -0.4 is 0 Å². The Bertz CT molecular complexity index is 990. The van der Waals surface area contributed by atoms with E-state index in [1.807, 2.05) is 0 Å². The fourth-order valence-corrected chi connectivity index (χ4v) is 4.62. The minimum atomic E-state index is 1.10. The molecule has 0 nitrogen and oxygen atoms in total. The predicted octanol–water partition coefficient (Wildman–Crippen LogP) is 6.47. The van der Waals surface area contributed by atoms with Gasteiger partial charge in [0.1, 0.15) is 0 Å². The zero-order chi connectivity index (χ0) is 16.8. The van der Waals surface area contributed by atoms with Gasteiger partial charge in [-0.05, 0) is 77.1 Å². The average molecular weight is 322 g/mol. The lowest BCUT2D eigenvalue weighted by Gasteiger charge is -2.18. The summed E-state index contributed by atoms with van der Waals surface area (Å²) in [4.78, 5) is 0. The van der Waals surface area contributed by atoms with E-state index in [-0.39, 0.29) is 0 Å². The molecule has 5 rings (SSSR count). The van der Waals surface area contributed by atoms with Gasteiger partial charge >= 0.3 is 0 Å². The summed E-state index contributed by atoms with van der Waals surface area (Å²) in [7, 11) is 0. The van der Waals surface area contributed by atoms with Gasteiger partial charge in [-0.1, -0.05) is 72.3 Å². The van der Waals surface area contributed by atoms with E-state index in [1.165, 1.54) is 52.7 Å². The first-order valence-electron chi connectivity index (χ1n) is 9.31. The maximum atomic E-state index is 2.46. The van der Waals surface area contributed by atoms with Crippen molar-refractivity contribution >= 4 is 6.08 Å². The SMILES string of the molecule is CC1=Cc2cc3c(c(-c4ccccc4-c4ccccc4)c2C1)CCC3. The maximum Gasteiger partial charge on any atom is -0.00543 e. The molecule has 0 saturated carbocycles. The van der Waals surface area contributed by atoms with Crippen molar-refractivity contribution in [1.29, 1.82) is 0 Å². The van der Waals surface area contributed by atoms with Crippen LogP contribution in [0, 0.1) is 0 Å². The van der Waals surface area contributed by atoms with Crippen molar-refractivity contribution in [2.45, 2.75) is 32.6 Å². The molecule has 0 amide bonds. The molecule has 0 N–H and O–H groups in total. The van der Waals surface area contributed by atoms with E-state index in [0.717, 1.165) is 6.42 Å². The third-order valence-electron chi connectivity index (χ3n) is 5.68. The molecule has 0 aliphatic heterocycles. The summed E-state index contributed by atoms with van der Waals surface area (Å²) in [6.45, 7) is 2.26. The Morgan fingerprint density at radius 2 is 1.52 bits per heavy atom. The summed E-state index contributed by atoms with van der Waals surface area (Å²) in [5.74, 6) is 0. The number of fused-ring (bicyclic) bond motifs is 2. The van der Waals surface area contributed by atoms with Crippen molar-refractivity contribution in [3.8, 4) is 22.3 Å². The van der Waals surface area contributed by atoms with Crippen LogP contribution in [0.2, 0.25) is 0 Å². The minimum Gasteiger partial charge on any atom is -0.0683 e. The summed E-state index contributed by atoms with van der Waals surface area (Å²) in [5.41, 5.74) is 13.3. The molecular formula is C25H22. The molecule has 0 unspecified atom stereocenters. The first-order chi connectivity index (χ1) is 12.3. The second-order valence-electron chi connectivity index (χ2n) is 7.39. The standard InChI is InChI=1S/C25H22/c1-17-14-20-16-19-10-7-13-22(19)25(24(20)15-17)23-12-6-5-11-21(23)18-8-3-2-4-9-18/h2-6,8-9,11-12,14,16H,7,10,13,15H2,1H3. The van der Waals surface area contributed by atoms with E-state index in [0.29, 0.717) is 0 Å². The van der Waals surface area contributed by atoms with Gasteiger partial charge in [0.2, 0.25) is 0 Å². The van der Waals surface area contributed by atoms with Crippen molar-refractivity contribution in [3.05, 3.63) is 88.5 Å². The first kappa shape index (κ1) is 14.7. The molecule has 0 bridgehead atoms. The summed E-state index contributed by atoms with van der Waals surface area (Å²) in [6.07, 6.45) is 7.24. The lowest BCUT2D eigenvalue weighted by Crippen LogP contribution is -1.98. The van der Waals surface area contributed by atoms with Crippen LogP contribution in [0.15, 0.2) is 66.2 Å². The van der Waals surface area contributed by atoms with E-state index in [9.17, 15) is 0 Å². The molecule has 0 atom stereocenters. The van der Waals surface area contributed by atoms with Crippen LogP contribution in [0.1, 0.15) is 35.6 Å². The molecule has 0 spiro atoms. The molecule has 2 aliphatic carbocycles. The van der Waals surface area contributed by atoms with Crippen LogP contribution in [0.3, 0.4) is 0 Å². The highest BCUT2D eigenvalue weighted by Crippen LogP contribution is 2.44. The summed E-state index contributed by atoms with van der Waals surface area (Å²) in [6, 6.07) is 22.2. The number of allylic oxidation sites excluding steroid dienone is 1. The fraction of sp³-hybridized carbons (Fsp3) is 0.200. The molecular weight excluding hydrogens is 300 g/mol. The van der Waals surface area contributed by atoms with Gasteiger partial charge in [0.15, 0.2) is 0 Å². The summed E-state index contributed by atoms with van der Waals surface area (Å²) in [5, 5.41) is 0. The van der Waals surface area contributed by atoms with Crippen LogP contribution >= 0.6 is 0 Å². The van der Waals surface area contributed by atoms with Crippen LogP contribution in [0.25, 0.3) is 28.3 Å². The van der Waals surface area contributed by atoms with Gasteiger partial charge in [0, 0.05) is 0 Å². The average Bonchev–Trinajstić information content (AvgIpc) is 3.25. The molecule has 3 aromatic carbocycles. The number of aryl methyl sites for hydroxylation is 1. The topological polar surface area (TPSA) is 0 Å². The quantitative estimate of drug-likeness (QED) is 0.507. The van der Waals surface area contributed by atoms with E-state index in [2.05, 4.69) is 73.7 Å². The van der Waals surface area contributed by atoms with Crippen molar-refractivity contribution in [3.63, 3.8) is 0 Å². The monoisotopic (exact) mass is 322 g/mol. The second-order valence-corrected chi connectivity index (χ2v) is 7.39. The Kier molecular flexibility index (Phi) is 3.38. The fourth-order valence-electron chi connectivity index (χ4n) is 4.62. The zero-order valence-electron chi connectivity index (χ0n) is 14.7. The Labute approximate surface area is 149 Å². The molecule has 0 heterocycles. The highest BCUT2D eigenvalue weighted by molar-refractivity contribution is 5.90. The van der Waals surface area contributed by atoms with E-state index < -0.39 is 0 Å². The van der Waals surface area contributed by atoms with Crippen molar-refractivity contribution in [1.82, 2.24) is 0 Å². The normalized spacial score (nSPS) is 15.0. The molecule has 25 heavy (non-hydrogen) atoms. The number of hydrogen-bond donors (Lipinski definition) is 0. The molecule has 122 valence electrons. The van der Waals surface area contributed by atoms with E-state index >= 15 is 0 Å². The van der Waals surface area contributed by atoms with Gasteiger partial charge in [-0.25, -0.2) is 0 Å². The lowest BCUT2D eigenvalue weighted by atomic mass is 9.85. The minimum absolute atomic E-state index is 1.10. The largest absolute Gasteiger partial charge is 0.0683 e. The number of hydrogen-bond acceptors (Lipinski definition) is 0. The smallest absolute Gasteiger partial charge is 0.00543 e. The van der Waals surface area contributed by atoms with Crippen LogP contribution in [-0.2, 0) is 19.3 Å². The summed E-state index contributed by atoms with van der Waals surface area (Å²) >= 11 is 0. The Balaban J connectivity index is 1.80. The van der Waals surface area contributed by atoms with Gasteiger partial charge in [-0.15, -0.1) is 0 Å². The van der Waals surface area contributed by atoms with Gasteiger partial charge in [-0.2, -0.15) is 0 Å². The summed E-state index contributed by atoms with van der Waals surface area (Å²) < 4.78 is 0. The van der Waals surface area contributed by atoms with Gasteiger partial charge in [0.25, 0.3) is 0 Å². The van der Waals surface area contributed by atoms with Crippen molar-refractivity contribution in [2.24, 2.45) is 0 Å². The first-order valence-corrected chi connectivity index (χ1v) is 9.31. The maximum absolute atomic E-state index is 2.46. The van der Waals surface area contributed by atoms with Crippen LogP contribution in [0.5, 0.6) is 0 Å². The third kappa shape index (κ3) is 2.36. The molecule has 0 aromatic heterocycles. The van der Waals surface area contributed by atoms with Crippen molar-refractivity contribution < 1.29 is 0 Å². The highest BCUT2D eigenvalue weighted by Gasteiger charge is 2.25. The molecule has 0 fully saturated rings. The third-order valence-corrected chi connectivity index (χ3v) is 5.68. The molecule has 0 saturated heterocycles. The van der Waals surface area contributed by atoms with E-state index in [1.54, 1.807) is 16.7 Å².